The topological polar surface area (TPSA) is 32.3 Å². The van der Waals surface area contributed by atoms with Gasteiger partial charge in [0.2, 0.25) is 0 Å². The third-order valence-corrected chi connectivity index (χ3v) is 2.92. The first-order valence-electron chi connectivity index (χ1n) is 6.21. The van der Waals surface area contributed by atoms with Crippen LogP contribution in [0.5, 0.6) is 0 Å². The summed E-state index contributed by atoms with van der Waals surface area (Å²) in [4.78, 5) is 0. The molecule has 1 aromatic rings. The average molecular weight is 221 g/mol. The minimum absolute atomic E-state index is 0.293. The number of hydrogen-bond donors (Lipinski definition) is 2. The van der Waals surface area contributed by atoms with Gasteiger partial charge in [0.1, 0.15) is 0 Å². The van der Waals surface area contributed by atoms with E-state index in [9.17, 15) is 0 Å². The predicted molar refractivity (Wildman–Crippen MR) is 68.6 cm³/mol. The first-order valence-corrected chi connectivity index (χ1v) is 6.21. The molecule has 0 aliphatic heterocycles. The summed E-state index contributed by atoms with van der Waals surface area (Å²) in [5.74, 6) is 0. The zero-order valence-electron chi connectivity index (χ0n) is 10.4. The molecule has 0 saturated heterocycles. The van der Waals surface area contributed by atoms with Gasteiger partial charge in [-0.3, -0.25) is 0 Å². The van der Waals surface area contributed by atoms with Crippen LogP contribution in [0.4, 0.5) is 0 Å². The van der Waals surface area contributed by atoms with E-state index in [2.05, 4.69) is 43.4 Å². The molecule has 0 bridgehead atoms. The smallest absolute Gasteiger partial charge is 0.0431 e. The van der Waals surface area contributed by atoms with Gasteiger partial charge < -0.3 is 10.4 Å². The number of nitrogens with one attached hydrogen (secondary N) is 1. The lowest BCUT2D eigenvalue weighted by Gasteiger charge is -2.14. The van der Waals surface area contributed by atoms with E-state index in [1.54, 1.807) is 0 Å². The Hall–Kier alpha value is -0.860. The van der Waals surface area contributed by atoms with Crippen LogP contribution in [0.1, 0.15) is 43.9 Å². The van der Waals surface area contributed by atoms with Gasteiger partial charge in [-0.15, -0.1) is 0 Å². The van der Waals surface area contributed by atoms with E-state index in [-0.39, 0.29) is 0 Å². The SMILES string of the molecule is CCc1ccc(C(C)NCCCCO)cc1. The Bertz CT molecular complexity index is 281. The van der Waals surface area contributed by atoms with Crippen LogP contribution < -0.4 is 5.32 Å². The molecule has 0 radical (unpaired) electrons. The third-order valence-electron chi connectivity index (χ3n) is 2.92. The Kier molecular flexibility index (Phi) is 6.12. The number of aryl methyl sites for hydroxylation is 1. The maximum absolute atomic E-state index is 8.68. The van der Waals surface area contributed by atoms with Gasteiger partial charge in [0.05, 0.1) is 0 Å². The van der Waals surface area contributed by atoms with Gasteiger partial charge in [-0.25, -0.2) is 0 Å². The lowest BCUT2D eigenvalue weighted by molar-refractivity contribution is 0.283. The van der Waals surface area contributed by atoms with Crippen LogP contribution in [-0.4, -0.2) is 18.3 Å². The molecule has 1 unspecified atom stereocenters. The maximum atomic E-state index is 8.68. The maximum Gasteiger partial charge on any atom is 0.0431 e. The molecule has 2 nitrogen and oxygen atoms in total. The first-order chi connectivity index (χ1) is 7.77. The molecule has 2 N–H and O–H groups in total. The minimum Gasteiger partial charge on any atom is -0.396 e. The molecule has 16 heavy (non-hydrogen) atoms. The molecule has 2 heteroatoms. The van der Waals surface area contributed by atoms with Gasteiger partial charge >= 0.3 is 0 Å². The zero-order valence-corrected chi connectivity index (χ0v) is 10.4. The predicted octanol–water partition coefficient (Wildman–Crippen LogP) is 2.67. The summed E-state index contributed by atoms with van der Waals surface area (Å²) in [7, 11) is 0. The van der Waals surface area contributed by atoms with E-state index in [1.165, 1.54) is 11.1 Å². The minimum atomic E-state index is 0.293. The quantitative estimate of drug-likeness (QED) is 0.694. The van der Waals surface area contributed by atoms with Crippen molar-refractivity contribution in [2.24, 2.45) is 0 Å². The summed E-state index contributed by atoms with van der Waals surface area (Å²) in [5.41, 5.74) is 2.72. The second kappa shape index (κ2) is 7.42. The Labute approximate surface area is 98.7 Å². The summed E-state index contributed by atoms with van der Waals surface area (Å²) in [6, 6.07) is 9.18. The molecule has 1 rings (SSSR count). The Morgan fingerprint density at radius 1 is 1.19 bits per heavy atom. The number of rotatable bonds is 7. The summed E-state index contributed by atoms with van der Waals surface area (Å²) in [5, 5.41) is 12.1. The highest BCUT2D eigenvalue weighted by molar-refractivity contribution is 5.24. The molecule has 0 spiro atoms. The van der Waals surface area contributed by atoms with Crippen LogP contribution in [0.25, 0.3) is 0 Å². The largest absolute Gasteiger partial charge is 0.396 e. The van der Waals surface area contributed by atoms with E-state index in [0.29, 0.717) is 12.6 Å². The molecule has 1 aromatic carbocycles. The molecule has 0 aromatic heterocycles. The molecule has 0 fully saturated rings. The van der Waals surface area contributed by atoms with Crippen molar-refractivity contribution in [3.05, 3.63) is 35.4 Å². The van der Waals surface area contributed by atoms with Crippen LogP contribution in [0.15, 0.2) is 24.3 Å². The fourth-order valence-corrected chi connectivity index (χ4v) is 1.72. The highest BCUT2D eigenvalue weighted by Gasteiger charge is 2.03. The van der Waals surface area contributed by atoms with Crippen LogP contribution in [0.3, 0.4) is 0 Å². The molecule has 1 atom stereocenters. The van der Waals surface area contributed by atoms with E-state index in [4.69, 9.17) is 5.11 Å². The Morgan fingerprint density at radius 3 is 2.44 bits per heavy atom. The molecule has 0 aliphatic carbocycles. The van der Waals surface area contributed by atoms with Crippen molar-refractivity contribution in [1.82, 2.24) is 5.32 Å². The van der Waals surface area contributed by atoms with Crippen molar-refractivity contribution in [3.63, 3.8) is 0 Å². The summed E-state index contributed by atoms with van der Waals surface area (Å²) in [6.07, 6.45) is 3.01. The van der Waals surface area contributed by atoms with E-state index < -0.39 is 0 Å². The average Bonchev–Trinajstić information content (AvgIpc) is 2.34. The molecule has 0 aliphatic rings. The monoisotopic (exact) mass is 221 g/mol. The van der Waals surface area contributed by atoms with Crippen LogP contribution in [-0.2, 0) is 6.42 Å². The van der Waals surface area contributed by atoms with Gasteiger partial charge in [0.25, 0.3) is 0 Å². The van der Waals surface area contributed by atoms with Gasteiger partial charge in [0.15, 0.2) is 0 Å². The van der Waals surface area contributed by atoms with Gasteiger partial charge in [-0.2, -0.15) is 0 Å². The van der Waals surface area contributed by atoms with Crippen molar-refractivity contribution in [2.45, 2.75) is 39.2 Å². The third kappa shape index (κ3) is 4.33. The standard InChI is InChI=1S/C14H23NO/c1-3-13-6-8-14(9-7-13)12(2)15-10-4-5-11-16/h6-9,12,15-16H,3-5,10-11H2,1-2H3. The molecule has 0 heterocycles. The van der Waals surface area contributed by atoms with Gasteiger partial charge in [0, 0.05) is 12.6 Å². The fraction of sp³-hybridized carbons (Fsp3) is 0.571. The summed E-state index contributed by atoms with van der Waals surface area (Å²) < 4.78 is 0. The van der Waals surface area contributed by atoms with E-state index >= 15 is 0 Å². The number of hydrogen-bond acceptors (Lipinski definition) is 2. The Balaban J connectivity index is 2.37. The van der Waals surface area contributed by atoms with Crippen molar-refractivity contribution in [1.29, 1.82) is 0 Å². The number of aliphatic hydroxyl groups is 1. The number of benzene rings is 1. The van der Waals surface area contributed by atoms with Crippen LogP contribution in [0, 0.1) is 0 Å². The van der Waals surface area contributed by atoms with E-state index in [1.807, 2.05) is 0 Å². The molecular formula is C14H23NO. The summed E-state index contributed by atoms with van der Waals surface area (Å²) in [6.45, 7) is 5.62. The van der Waals surface area contributed by atoms with Crippen molar-refractivity contribution >= 4 is 0 Å². The normalized spacial score (nSPS) is 12.7. The molecule has 90 valence electrons. The molecule has 0 amide bonds. The highest BCUT2D eigenvalue weighted by atomic mass is 16.2. The summed E-state index contributed by atoms with van der Waals surface area (Å²) >= 11 is 0. The van der Waals surface area contributed by atoms with Crippen LogP contribution in [0.2, 0.25) is 0 Å². The van der Waals surface area contributed by atoms with Crippen molar-refractivity contribution < 1.29 is 5.11 Å². The second-order valence-electron chi connectivity index (χ2n) is 4.20. The zero-order chi connectivity index (χ0) is 11.8. The van der Waals surface area contributed by atoms with Crippen molar-refractivity contribution in [2.75, 3.05) is 13.2 Å². The lowest BCUT2D eigenvalue weighted by atomic mass is 10.0. The number of unbranched alkanes of at least 4 members (excludes halogenated alkanes) is 1. The highest BCUT2D eigenvalue weighted by Crippen LogP contribution is 2.13. The number of aliphatic hydroxyl groups excluding tert-OH is 1. The second-order valence-corrected chi connectivity index (χ2v) is 4.20. The van der Waals surface area contributed by atoms with Gasteiger partial charge in [-0.05, 0) is 43.9 Å². The van der Waals surface area contributed by atoms with E-state index in [0.717, 1.165) is 25.8 Å². The lowest BCUT2D eigenvalue weighted by Crippen LogP contribution is -2.20. The fourth-order valence-electron chi connectivity index (χ4n) is 1.72. The van der Waals surface area contributed by atoms with Crippen molar-refractivity contribution in [3.8, 4) is 0 Å². The molecule has 0 saturated carbocycles. The van der Waals surface area contributed by atoms with Crippen LogP contribution >= 0.6 is 0 Å². The first kappa shape index (κ1) is 13.2. The Morgan fingerprint density at radius 2 is 1.88 bits per heavy atom. The van der Waals surface area contributed by atoms with Gasteiger partial charge in [-0.1, -0.05) is 31.2 Å². The molecular weight excluding hydrogens is 198 g/mol.